The summed E-state index contributed by atoms with van der Waals surface area (Å²) in [7, 11) is -2.78. The van der Waals surface area contributed by atoms with Gasteiger partial charge in [-0.3, -0.25) is 0 Å². The van der Waals surface area contributed by atoms with Gasteiger partial charge >= 0.3 is 0 Å². The lowest BCUT2D eigenvalue weighted by Gasteiger charge is -2.17. The van der Waals surface area contributed by atoms with Crippen LogP contribution in [-0.4, -0.2) is 20.4 Å². The second-order valence-corrected chi connectivity index (χ2v) is 5.31. The lowest BCUT2D eigenvalue weighted by molar-refractivity contribution is 0.452. The molecule has 0 fully saturated rings. The molecule has 1 N–H and O–H groups in total. The molecule has 3 heteroatoms. The first kappa shape index (κ1) is 8.98. The van der Waals surface area contributed by atoms with Crippen molar-refractivity contribution in [3.05, 3.63) is 0 Å². The van der Waals surface area contributed by atoms with Crippen molar-refractivity contribution in [1.82, 2.24) is 0 Å². The van der Waals surface area contributed by atoms with Gasteiger partial charge in [-0.25, -0.2) is 4.21 Å². The van der Waals surface area contributed by atoms with Crippen LogP contribution in [0.5, 0.6) is 0 Å². The third-order valence-corrected chi connectivity index (χ3v) is 1.98. The molecule has 0 spiro atoms. The Labute approximate surface area is 57.1 Å². The van der Waals surface area contributed by atoms with E-state index in [4.69, 9.17) is 4.55 Å². The highest BCUT2D eigenvalue weighted by Gasteiger charge is 2.14. The average Bonchev–Trinajstić information content (AvgIpc) is 1.14. The van der Waals surface area contributed by atoms with E-state index < -0.39 is 9.80 Å². The molecule has 0 aliphatic heterocycles. The van der Waals surface area contributed by atoms with Crippen LogP contribution >= 0.6 is 0 Å². The number of hydrogen-bond acceptors (Lipinski definition) is 1. The quantitative estimate of drug-likeness (QED) is 0.571. The van der Waals surface area contributed by atoms with Gasteiger partial charge in [0.1, 0.15) is 0 Å². The van der Waals surface area contributed by atoms with E-state index in [1.807, 2.05) is 20.8 Å². The topological polar surface area (TPSA) is 37.3 Å². The summed E-state index contributed by atoms with van der Waals surface area (Å²) in [6, 6.07) is 0. The highest BCUT2D eigenvalue weighted by atomic mass is 32.2. The van der Waals surface area contributed by atoms with E-state index in [1.165, 1.54) is 0 Å². The smallest absolute Gasteiger partial charge is 0.0751 e. The Bertz CT molecular complexity index is 172. The zero-order chi connectivity index (χ0) is 7.71. The van der Waals surface area contributed by atoms with E-state index in [0.717, 1.165) is 0 Å². The van der Waals surface area contributed by atoms with E-state index in [-0.39, 0.29) is 11.2 Å². The summed E-state index contributed by atoms with van der Waals surface area (Å²) in [6.45, 7) is 5.73. The molecule has 0 aromatic heterocycles. The maximum atomic E-state index is 10.6. The maximum Gasteiger partial charge on any atom is 0.0751 e. The SMILES string of the molecule is C=S(=O)(O)CC(C)(C)C. The van der Waals surface area contributed by atoms with Crippen molar-refractivity contribution in [3.63, 3.8) is 0 Å². The molecule has 0 aromatic rings. The van der Waals surface area contributed by atoms with Crippen molar-refractivity contribution >= 4 is 15.7 Å². The Morgan fingerprint density at radius 2 is 1.89 bits per heavy atom. The molecule has 0 aromatic carbocycles. The van der Waals surface area contributed by atoms with Crippen LogP contribution in [0.25, 0.3) is 0 Å². The maximum absolute atomic E-state index is 10.6. The van der Waals surface area contributed by atoms with Crippen LogP contribution in [-0.2, 0) is 9.80 Å². The van der Waals surface area contributed by atoms with Crippen molar-refractivity contribution in [3.8, 4) is 0 Å². The molecule has 0 aliphatic rings. The van der Waals surface area contributed by atoms with Crippen LogP contribution in [0.1, 0.15) is 20.8 Å². The molecule has 0 amide bonds. The molecular formula is C6H14O2S. The molecule has 56 valence electrons. The monoisotopic (exact) mass is 150 g/mol. The molecule has 0 saturated carbocycles. The lowest BCUT2D eigenvalue weighted by Crippen LogP contribution is -2.19. The fraction of sp³-hybridized carbons (Fsp3) is 0.833. The Kier molecular flexibility index (Phi) is 2.30. The molecule has 2 nitrogen and oxygen atoms in total. The van der Waals surface area contributed by atoms with Crippen LogP contribution < -0.4 is 0 Å². The van der Waals surface area contributed by atoms with E-state index in [2.05, 4.69) is 5.87 Å². The summed E-state index contributed by atoms with van der Waals surface area (Å²) < 4.78 is 19.4. The minimum Gasteiger partial charge on any atom is -0.314 e. The summed E-state index contributed by atoms with van der Waals surface area (Å²) >= 11 is 0. The minimum atomic E-state index is -2.78. The second kappa shape index (κ2) is 2.31. The van der Waals surface area contributed by atoms with Crippen molar-refractivity contribution in [1.29, 1.82) is 0 Å². The van der Waals surface area contributed by atoms with Gasteiger partial charge in [0.05, 0.1) is 9.80 Å². The predicted octanol–water partition coefficient (Wildman–Crippen LogP) is 1.22. The van der Waals surface area contributed by atoms with E-state index in [0.29, 0.717) is 0 Å². The molecule has 9 heavy (non-hydrogen) atoms. The standard InChI is InChI=1S/C6H14O2S/c1-6(2,3)5-9(4,7)8/h4-5H2,1-3H3,(H,7,8). The zero-order valence-electron chi connectivity index (χ0n) is 6.18. The van der Waals surface area contributed by atoms with Gasteiger partial charge in [-0.05, 0) is 11.3 Å². The fourth-order valence-electron chi connectivity index (χ4n) is 0.677. The Morgan fingerprint density at radius 1 is 1.56 bits per heavy atom. The van der Waals surface area contributed by atoms with Crippen molar-refractivity contribution in [2.45, 2.75) is 20.8 Å². The first-order chi connectivity index (χ1) is 3.71. The van der Waals surface area contributed by atoms with Gasteiger partial charge < -0.3 is 4.55 Å². The van der Waals surface area contributed by atoms with E-state index in [9.17, 15) is 4.21 Å². The summed E-state index contributed by atoms with van der Waals surface area (Å²) in [5.41, 5.74) is -0.104. The minimum absolute atomic E-state index is 0.104. The van der Waals surface area contributed by atoms with E-state index in [1.54, 1.807) is 0 Å². The van der Waals surface area contributed by atoms with Gasteiger partial charge in [-0.1, -0.05) is 20.8 Å². The van der Waals surface area contributed by atoms with Crippen LogP contribution in [0.4, 0.5) is 0 Å². The normalized spacial score (nSPS) is 19.1. The van der Waals surface area contributed by atoms with Gasteiger partial charge in [0.15, 0.2) is 0 Å². The fourth-order valence-corrected chi connectivity index (χ4v) is 2.03. The summed E-state index contributed by atoms with van der Waals surface area (Å²) in [4.78, 5) is 0. The van der Waals surface area contributed by atoms with Crippen LogP contribution in [0.15, 0.2) is 0 Å². The van der Waals surface area contributed by atoms with Crippen LogP contribution in [0, 0.1) is 5.41 Å². The second-order valence-electron chi connectivity index (χ2n) is 3.48. The largest absolute Gasteiger partial charge is 0.314 e. The third-order valence-electron chi connectivity index (χ3n) is 0.659. The molecule has 0 bridgehead atoms. The third kappa shape index (κ3) is 7.98. The van der Waals surface area contributed by atoms with Gasteiger partial charge in [0, 0.05) is 5.75 Å². The van der Waals surface area contributed by atoms with Crippen molar-refractivity contribution in [2.24, 2.45) is 5.41 Å². The molecule has 1 unspecified atom stereocenters. The number of hydrogen-bond donors (Lipinski definition) is 1. The van der Waals surface area contributed by atoms with Gasteiger partial charge in [-0.15, -0.1) is 0 Å². The molecule has 0 radical (unpaired) electrons. The molecule has 0 rings (SSSR count). The Balaban J connectivity index is 4.07. The molecule has 0 heterocycles. The predicted molar refractivity (Wildman–Crippen MR) is 42.2 cm³/mol. The number of rotatable bonds is 1. The Hall–Kier alpha value is -0.0200. The highest BCUT2D eigenvalue weighted by molar-refractivity contribution is 7.95. The lowest BCUT2D eigenvalue weighted by atomic mass is 10.0. The van der Waals surface area contributed by atoms with Crippen molar-refractivity contribution in [2.75, 3.05) is 5.75 Å². The van der Waals surface area contributed by atoms with Gasteiger partial charge in [-0.2, -0.15) is 0 Å². The van der Waals surface area contributed by atoms with Crippen molar-refractivity contribution < 1.29 is 8.76 Å². The summed E-state index contributed by atoms with van der Waals surface area (Å²) in [6.07, 6.45) is 0. The summed E-state index contributed by atoms with van der Waals surface area (Å²) in [5.74, 6) is 3.40. The molecule has 0 saturated heterocycles. The summed E-state index contributed by atoms with van der Waals surface area (Å²) in [5, 5.41) is 0. The first-order valence-corrected chi connectivity index (χ1v) is 4.63. The van der Waals surface area contributed by atoms with Crippen LogP contribution in [0.3, 0.4) is 0 Å². The van der Waals surface area contributed by atoms with E-state index >= 15 is 0 Å². The molecule has 0 aliphatic carbocycles. The molecule has 1 atom stereocenters. The van der Waals surface area contributed by atoms with Crippen LogP contribution in [0.2, 0.25) is 0 Å². The highest BCUT2D eigenvalue weighted by Crippen LogP contribution is 2.14. The molecular weight excluding hydrogens is 136 g/mol. The average molecular weight is 150 g/mol. The first-order valence-electron chi connectivity index (χ1n) is 2.78. The zero-order valence-corrected chi connectivity index (χ0v) is 6.99. The Morgan fingerprint density at radius 3 is 1.89 bits per heavy atom. The van der Waals surface area contributed by atoms with Gasteiger partial charge in [0.25, 0.3) is 0 Å². The van der Waals surface area contributed by atoms with Gasteiger partial charge in [0.2, 0.25) is 0 Å².